The Bertz CT molecular complexity index is 330. The number of likely N-dealkylation sites (N-methyl/N-ethyl adjacent to an activating group) is 1. The molecule has 16 heavy (non-hydrogen) atoms. The Balaban J connectivity index is 2.68. The van der Waals surface area contributed by atoms with Gasteiger partial charge >= 0.3 is 0 Å². The number of aromatic nitrogens is 2. The smallest absolute Gasteiger partial charge is 0.223 e. The van der Waals surface area contributed by atoms with Crippen molar-refractivity contribution in [3.05, 3.63) is 11.2 Å². The van der Waals surface area contributed by atoms with Gasteiger partial charge in [-0.25, -0.2) is 4.98 Å². The molecule has 1 aromatic heterocycles. The molecule has 1 rings (SSSR count). The lowest BCUT2D eigenvalue weighted by atomic mass is 10.3. The van der Waals surface area contributed by atoms with Gasteiger partial charge in [-0.15, -0.1) is 0 Å². The van der Waals surface area contributed by atoms with Crippen molar-refractivity contribution in [1.82, 2.24) is 9.97 Å². The molecular formula is C9H15ClN4O2. The lowest BCUT2D eigenvalue weighted by Crippen LogP contribution is -2.32. The SMILES string of the molecule is COCC(O)CN(C)c1cc(Cl)nc(N)n1. The van der Waals surface area contributed by atoms with E-state index in [0.717, 1.165) is 0 Å². The van der Waals surface area contributed by atoms with Crippen molar-refractivity contribution >= 4 is 23.4 Å². The summed E-state index contributed by atoms with van der Waals surface area (Å²) in [5.41, 5.74) is 5.47. The first-order chi connectivity index (χ1) is 7.52. The first-order valence-corrected chi connectivity index (χ1v) is 5.09. The highest BCUT2D eigenvalue weighted by Crippen LogP contribution is 2.15. The summed E-state index contributed by atoms with van der Waals surface area (Å²) in [7, 11) is 3.31. The van der Waals surface area contributed by atoms with Gasteiger partial charge in [0.1, 0.15) is 11.0 Å². The zero-order valence-electron chi connectivity index (χ0n) is 9.22. The zero-order chi connectivity index (χ0) is 12.1. The maximum atomic E-state index is 9.55. The van der Waals surface area contributed by atoms with E-state index < -0.39 is 6.10 Å². The second kappa shape index (κ2) is 5.83. The zero-order valence-corrected chi connectivity index (χ0v) is 9.98. The first kappa shape index (κ1) is 13.0. The largest absolute Gasteiger partial charge is 0.389 e. The van der Waals surface area contributed by atoms with Gasteiger partial charge in [0.05, 0.1) is 12.7 Å². The molecule has 1 heterocycles. The summed E-state index contributed by atoms with van der Waals surface area (Å²) < 4.78 is 4.83. The molecule has 0 radical (unpaired) electrons. The summed E-state index contributed by atoms with van der Waals surface area (Å²) in [4.78, 5) is 9.48. The predicted octanol–water partition coefficient (Wildman–Crippen LogP) is 0.156. The van der Waals surface area contributed by atoms with Crippen LogP contribution in [0, 0.1) is 0 Å². The molecule has 1 aromatic rings. The number of aliphatic hydroxyl groups excluding tert-OH is 1. The van der Waals surface area contributed by atoms with Crippen LogP contribution in [0.3, 0.4) is 0 Å². The highest BCUT2D eigenvalue weighted by molar-refractivity contribution is 6.29. The van der Waals surface area contributed by atoms with E-state index in [9.17, 15) is 5.11 Å². The molecule has 0 saturated heterocycles. The third kappa shape index (κ3) is 3.80. The van der Waals surface area contributed by atoms with Crippen LogP contribution in [-0.4, -0.2) is 48.5 Å². The Morgan fingerprint density at radius 3 is 2.88 bits per heavy atom. The molecule has 6 nitrogen and oxygen atoms in total. The third-order valence-corrected chi connectivity index (χ3v) is 2.13. The highest BCUT2D eigenvalue weighted by atomic mass is 35.5. The molecule has 0 aliphatic rings. The standard InChI is InChI=1S/C9H15ClN4O2/c1-14(4-6(15)5-16-2)8-3-7(10)12-9(11)13-8/h3,6,15H,4-5H2,1-2H3,(H2,11,12,13). The Hall–Kier alpha value is -1.11. The van der Waals surface area contributed by atoms with Gasteiger partial charge in [0.15, 0.2) is 0 Å². The Labute approximate surface area is 99.0 Å². The average Bonchev–Trinajstić information content (AvgIpc) is 2.16. The molecule has 0 saturated carbocycles. The minimum absolute atomic E-state index is 0.107. The number of nitrogens with zero attached hydrogens (tertiary/aromatic N) is 3. The fourth-order valence-corrected chi connectivity index (χ4v) is 1.46. The monoisotopic (exact) mass is 246 g/mol. The number of ether oxygens (including phenoxy) is 1. The van der Waals surface area contributed by atoms with E-state index in [1.165, 1.54) is 7.11 Å². The molecule has 90 valence electrons. The summed E-state index contributed by atoms with van der Waals surface area (Å²) >= 11 is 5.75. The molecule has 1 unspecified atom stereocenters. The van der Waals surface area contributed by atoms with Crippen LogP contribution < -0.4 is 10.6 Å². The Morgan fingerprint density at radius 2 is 2.31 bits per heavy atom. The number of nitrogen functional groups attached to an aromatic ring is 1. The number of hydrogen-bond donors (Lipinski definition) is 2. The summed E-state index contributed by atoms with van der Waals surface area (Å²) in [5.74, 6) is 0.670. The normalized spacial score (nSPS) is 12.5. The number of methoxy groups -OCH3 is 1. The highest BCUT2D eigenvalue weighted by Gasteiger charge is 2.11. The van der Waals surface area contributed by atoms with Gasteiger partial charge in [-0.3, -0.25) is 0 Å². The molecule has 0 aliphatic heterocycles. The minimum atomic E-state index is -0.593. The number of anilines is 2. The van der Waals surface area contributed by atoms with Crippen LogP contribution in [0.2, 0.25) is 5.15 Å². The predicted molar refractivity (Wildman–Crippen MR) is 62.6 cm³/mol. The molecule has 7 heteroatoms. The van der Waals surface area contributed by atoms with Crippen LogP contribution in [0.1, 0.15) is 0 Å². The summed E-state index contributed by atoms with van der Waals surface area (Å²) in [5, 5.41) is 9.82. The Kier molecular flexibility index (Phi) is 4.72. The van der Waals surface area contributed by atoms with E-state index in [-0.39, 0.29) is 17.7 Å². The summed E-state index contributed by atoms with van der Waals surface area (Å²) in [6.45, 7) is 0.638. The topological polar surface area (TPSA) is 84.5 Å². The van der Waals surface area contributed by atoms with Gasteiger partial charge in [-0.05, 0) is 0 Å². The van der Waals surface area contributed by atoms with Crippen LogP contribution in [0.15, 0.2) is 6.07 Å². The van der Waals surface area contributed by atoms with Gasteiger partial charge in [-0.1, -0.05) is 11.6 Å². The van der Waals surface area contributed by atoms with Crippen molar-refractivity contribution in [2.75, 3.05) is 37.9 Å². The van der Waals surface area contributed by atoms with E-state index in [4.69, 9.17) is 22.1 Å². The van der Waals surface area contributed by atoms with Gasteiger partial charge in [0, 0.05) is 26.8 Å². The van der Waals surface area contributed by atoms with Crippen molar-refractivity contribution in [3.63, 3.8) is 0 Å². The van der Waals surface area contributed by atoms with Crippen LogP contribution >= 0.6 is 11.6 Å². The van der Waals surface area contributed by atoms with Crippen molar-refractivity contribution < 1.29 is 9.84 Å². The summed E-state index contributed by atoms with van der Waals surface area (Å²) in [6.07, 6.45) is -0.593. The van der Waals surface area contributed by atoms with Gasteiger partial charge in [0.25, 0.3) is 0 Å². The number of nitrogens with two attached hydrogens (primary N) is 1. The number of rotatable bonds is 5. The average molecular weight is 247 g/mol. The quantitative estimate of drug-likeness (QED) is 0.720. The fourth-order valence-electron chi connectivity index (χ4n) is 1.27. The van der Waals surface area contributed by atoms with Crippen molar-refractivity contribution in [2.24, 2.45) is 0 Å². The van der Waals surface area contributed by atoms with Gasteiger partial charge in [0.2, 0.25) is 5.95 Å². The second-order valence-electron chi connectivity index (χ2n) is 3.40. The van der Waals surface area contributed by atoms with Crippen LogP contribution in [0.4, 0.5) is 11.8 Å². The number of hydrogen-bond acceptors (Lipinski definition) is 6. The fraction of sp³-hybridized carbons (Fsp3) is 0.556. The van der Waals surface area contributed by atoms with Crippen molar-refractivity contribution in [3.8, 4) is 0 Å². The molecule has 1 atom stereocenters. The molecule has 0 spiro atoms. The van der Waals surface area contributed by atoms with Crippen LogP contribution in [-0.2, 0) is 4.74 Å². The van der Waals surface area contributed by atoms with Gasteiger partial charge < -0.3 is 20.5 Å². The van der Waals surface area contributed by atoms with E-state index in [0.29, 0.717) is 12.4 Å². The van der Waals surface area contributed by atoms with Gasteiger partial charge in [-0.2, -0.15) is 4.98 Å². The third-order valence-electron chi connectivity index (χ3n) is 1.93. The number of aliphatic hydroxyl groups is 1. The van der Waals surface area contributed by atoms with Crippen LogP contribution in [0.5, 0.6) is 0 Å². The van der Waals surface area contributed by atoms with E-state index >= 15 is 0 Å². The maximum Gasteiger partial charge on any atom is 0.223 e. The van der Waals surface area contributed by atoms with Crippen LogP contribution in [0.25, 0.3) is 0 Å². The maximum absolute atomic E-state index is 9.55. The van der Waals surface area contributed by atoms with E-state index in [1.54, 1.807) is 18.0 Å². The molecule has 0 aliphatic carbocycles. The minimum Gasteiger partial charge on any atom is -0.389 e. The molecular weight excluding hydrogens is 232 g/mol. The number of halogens is 1. The molecule has 0 aromatic carbocycles. The summed E-state index contributed by atoms with van der Waals surface area (Å²) in [6, 6.07) is 1.58. The second-order valence-corrected chi connectivity index (χ2v) is 3.78. The Morgan fingerprint density at radius 1 is 1.62 bits per heavy atom. The van der Waals surface area contributed by atoms with Crippen molar-refractivity contribution in [1.29, 1.82) is 0 Å². The molecule has 0 amide bonds. The lowest BCUT2D eigenvalue weighted by Gasteiger charge is -2.21. The molecule has 0 fully saturated rings. The molecule has 0 bridgehead atoms. The van der Waals surface area contributed by atoms with E-state index in [1.807, 2.05) is 0 Å². The lowest BCUT2D eigenvalue weighted by molar-refractivity contribution is 0.0694. The first-order valence-electron chi connectivity index (χ1n) is 4.71. The van der Waals surface area contributed by atoms with Crippen molar-refractivity contribution in [2.45, 2.75) is 6.10 Å². The van der Waals surface area contributed by atoms with E-state index in [2.05, 4.69) is 9.97 Å². The molecule has 3 N–H and O–H groups in total.